The number of hydrogen-bond donors (Lipinski definition) is 4. The molecular weight excluding hydrogens is 344 g/mol. The number of nitrogens with one attached hydrogen (secondary N) is 2. The second-order valence-electron chi connectivity index (χ2n) is 6.60. The summed E-state index contributed by atoms with van der Waals surface area (Å²) in [5.41, 5.74) is 13.7. The highest BCUT2D eigenvalue weighted by Crippen LogP contribution is 2.43. The molecule has 1 aliphatic rings. The molecule has 2 amide bonds. The van der Waals surface area contributed by atoms with Crippen molar-refractivity contribution in [3.63, 3.8) is 0 Å². The average molecular weight is 366 g/mol. The number of carbonyl (C=O) groups is 2. The monoisotopic (exact) mass is 366 g/mol. The van der Waals surface area contributed by atoms with Gasteiger partial charge < -0.3 is 26.8 Å². The third-order valence-corrected chi connectivity index (χ3v) is 4.75. The van der Waals surface area contributed by atoms with Crippen LogP contribution in [0.2, 0.25) is 0 Å². The predicted octanol–water partition coefficient (Wildman–Crippen LogP) is 2.31. The highest BCUT2D eigenvalue weighted by Gasteiger charge is 2.41. The van der Waals surface area contributed by atoms with Crippen molar-refractivity contribution in [2.24, 2.45) is 11.5 Å². The lowest BCUT2D eigenvalue weighted by Gasteiger charge is -2.40. The summed E-state index contributed by atoms with van der Waals surface area (Å²) in [4.78, 5) is 24.0. The van der Waals surface area contributed by atoms with Crippen molar-refractivity contribution < 1.29 is 14.3 Å². The maximum atomic E-state index is 12.3. The van der Waals surface area contributed by atoms with Gasteiger partial charge in [0.05, 0.1) is 18.2 Å². The Morgan fingerprint density at radius 2 is 1.85 bits per heavy atom. The molecular formula is C20H22N4O3. The Kier molecular flexibility index (Phi) is 4.53. The molecule has 0 fully saturated rings. The zero-order valence-corrected chi connectivity index (χ0v) is 15.4. The van der Waals surface area contributed by atoms with E-state index in [-0.39, 0.29) is 0 Å². The van der Waals surface area contributed by atoms with E-state index >= 15 is 0 Å². The number of benzene rings is 2. The molecule has 27 heavy (non-hydrogen) atoms. The van der Waals surface area contributed by atoms with Gasteiger partial charge in [0.25, 0.3) is 0 Å². The molecule has 0 spiro atoms. The summed E-state index contributed by atoms with van der Waals surface area (Å²) in [6.07, 6.45) is 0. The van der Waals surface area contributed by atoms with E-state index in [1.54, 1.807) is 32.2 Å². The number of amides is 2. The number of ether oxygens (including phenoxy) is 1. The lowest BCUT2D eigenvalue weighted by molar-refractivity contribution is -0.115. The van der Waals surface area contributed by atoms with E-state index in [4.69, 9.17) is 16.2 Å². The fourth-order valence-corrected chi connectivity index (χ4v) is 3.54. The van der Waals surface area contributed by atoms with E-state index in [1.165, 1.54) is 0 Å². The highest BCUT2D eigenvalue weighted by molar-refractivity contribution is 5.99. The zero-order chi connectivity index (χ0) is 19.8. The quantitative estimate of drug-likeness (QED) is 0.647. The summed E-state index contributed by atoms with van der Waals surface area (Å²) in [7, 11) is 1.58. The number of hydrogen-bond acceptors (Lipinski definition) is 5. The molecule has 0 saturated heterocycles. The first-order chi connectivity index (χ1) is 12.8. The molecule has 0 aliphatic carbocycles. The zero-order valence-electron chi connectivity index (χ0n) is 15.4. The van der Waals surface area contributed by atoms with Crippen LogP contribution in [0.1, 0.15) is 29.8 Å². The Hall–Kier alpha value is -3.48. The van der Waals surface area contributed by atoms with Gasteiger partial charge in [-0.3, -0.25) is 9.59 Å². The van der Waals surface area contributed by atoms with Crippen molar-refractivity contribution >= 4 is 23.2 Å². The minimum atomic E-state index is -0.978. The van der Waals surface area contributed by atoms with Crippen molar-refractivity contribution in [2.75, 3.05) is 17.7 Å². The van der Waals surface area contributed by atoms with Crippen molar-refractivity contribution in [2.45, 2.75) is 19.4 Å². The molecule has 1 unspecified atom stereocenters. The average Bonchev–Trinajstić information content (AvgIpc) is 2.61. The summed E-state index contributed by atoms with van der Waals surface area (Å²) in [5.74, 6) is -0.438. The van der Waals surface area contributed by atoms with Gasteiger partial charge >= 0.3 is 0 Å². The standard InChI is InChI=1S/C20H22N4O3/c1-11-17(19(22)26)20(2,24-13-5-4-6-14(10-13)27-3)15-9-12(18(21)25)7-8-16(15)23-11/h4-10,23-24H,1-3H3,(H2,21,25)(H2,22,26). The van der Waals surface area contributed by atoms with Crippen LogP contribution in [0.4, 0.5) is 11.4 Å². The van der Waals surface area contributed by atoms with E-state index in [1.807, 2.05) is 31.2 Å². The Bertz CT molecular complexity index is 967. The summed E-state index contributed by atoms with van der Waals surface area (Å²) in [5, 5.41) is 6.57. The van der Waals surface area contributed by atoms with Crippen LogP contribution in [0.3, 0.4) is 0 Å². The van der Waals surface area contributed by atoms with Gasteiger partial charge in [0.1, 0.15) is 5.75 Å². The largest absolute Gasteiger partial charge is 0.497 e. The predicted molar refractivity (Wildman–Crippen MR) is 104 cm³/mol. The number of fused-ring (bicyclic) bond motifs is 1. The van der Waals surface area contributed by atoms with Gasteiger partial charge in [-0.25, -0.2) is 0 Å². The second kappa shape index (κ2) is 6.68. The van der Waals surface area contributed by atoms with Crippen molar-refractivity contribution in [1.29, 1.82) is 0 Å². The summed E-state index contributed by atoms with van der Waals surface area (Å²) in [6.45, 7) is 3.64. The van der Waals surface area contributed by atoms with Gasteiger partial charge in [0.2, 0.25) is 11.8 Å². The normalized spacial score (nSPS) is 18.3. The minimum absolute atomic E-state index is 0.345. The molecule has 2 aromatic carbocycles. The van der Waals surface area contributed by atoms with Crippen LogP contribution in [0.5, 0.6) is 5.75 Å². The van der Waals surface area contributed by atoms with E-state index in [0.717, 1.165) is 11.4 Å². The van der Waals surface area contributed by atoms with E-state index < -0.39 is 17.4 Å². The molecule has 0 aromatic heterocycles. The first kappa shape index (κ1) is 18.3. The Morgan fingerprint density at radius 1 is 1.11 bits per heavy atom. The molecule has 0 radical (unpaired) electrons. The molecule has 6 N–H and O–H groups in total. The Morgan fingerprint density at radius 3 is 2.48 bits per heavy atom. The molecule has 1 heterocycles. The number of allylic oxidation sites excluding steroid dienone is 1. The molecule has 7 nitrogen and oxygen atoms in total. The molecule has 1 aliphatic heterocycles. The van der Waals surface area contributed by atoms with Crippen LogP contribution in [-0.2, 0) is 10.3 Å². The van der Waals surface area contributed by atoms with E-state index in [0.29, 0.717) is 28.1 Å². The molecule has 140 valence electrons. The van der Waals surface area contributed by atoms with Crippen LogP contribution < -0.4 is 26.8 Å². The Labute approximate surface area is 157 Å². The first-order valence-electron chi connectivity index (χ1n) is 8.41. The molecule has 0 saturated carbocycles. The van der Waals surface area contributed by atoms with Gasteiger partial charge in [-0.05, 0) is 44.2 Å². The fourth-order valence-electron chi connectivity index (χ4n) is 3.54. The first-order valence-corrected chi connectivity index (χ1v) is 8.41. The number of primary amides is 2. The fraction of sp³-hybridized carbons (Fsp3) is 0.200. The van der Waals surface area contributed by atoms with E-state index in [9.17, 15) is 9.59 Å². The van der Waals surface area contributed by atoms with Gasteiger partial charge in [0.15, 0.2) is 0 Å². The van der Waals surface area contributed by atoms with Crippen molar-refractivity contribution in [3.8, 4) is 5.75 Å². The SMILES string of the molecule is COc1cccc(NC2(C)C(C(N)=O)=C(C)Nc3ccc(C(N)=O)cc32)c1. The second-order valence-corrected chi connectivity index (χ2v) is 6.60. The maximum Gasteiger partial charge on any atom is 0.249 e. The molecule has 2 aromatic rings. The summed E-state index contributed by atoms with van der Waals surface area (Å²) < 4.78 is 5.28. The van der Waals surface area contributed by atoms with Crippen molar-refractivity contribution in [3.05, 3.63) is 64.9 Å². The number of nitrogens with two attached hydrogens (primary N) is 2. The third-order valence-electron chi connectivity index (χ3n) is 4.75. The number of rotatable bonds is 5. The van der Waals surface area contributed by atoms with Crippen LogP contribution in [-0.4, -0.2) is 18.9 Å². The van der Waals surface area contributed by atoms with Crippen molar-refractivity contribution in [1.82, 2.24) is 0 Å². The van der Waals surface area contributed by atoms with Crippen LogP contribution in [0, 0.1) is 0 Å². The smallest absolute Gasteiger partial charge is 0.249 e. The Balaban J connectivity index is 2.20. The van der Waals surface area contributed by atoms with Gasteiger partial charge in [-0.15, -0.1) is 0 Å². The lowest BCUT2D eigenvalue weighted by Crippen LogP contribution is -2.44. The molecule has 1 atom stereocenters. The topological polar surface area (TPSA) is 119 Å². The summed E-state index contributed by atoms with van der Waals surface area (Å²) >= 11 is 0. The van der Waals surface area contributed by atoms with Gasteiger partial charge in [-0.2, -0.15) is 0 Å². The number of anilines is 2. The maximum absolute atomic E-state index is 12.3. The third kappa shape index (κ3) is 3.19. The minimum Gasteiger partial charge on any atom is -0.497 e. The van der Waals surface area contributed by atoms with Crippen LogP contribution in [0.25, 0.3) is 0 Å². The van der Waals surface area contributed by atoms with E-state index in [2.05, 4.69) is 10.6 Å². The van der Waals surface area contributed by atoms with Crippen LogP contribution >= 0.6 is 0 Å². The van der Waals surface area contributed by atoms with Gasteiger partial charge in [0, 0.05) is 34.3 Å². The van der Waals surface area contributed by atoms with Gasteiger partial charge in [-0.1, -0.05) is 6.07 Å². The molecule has 3 rings (SSSR count). The molecule has 0 bridgehead atoms. The number of carbonyl (C=O) groups excluding carboxylic acids is 2. The van der Waals surface area contributed by atoms with Crippen LogP contribution in [0.15, 0.2) is 53.7 Å². The summed E-state index contributed by atoms with van der Waals surface area (Å²) in [6, 6.07) is 12.4. The number of methoxy groups -OCH3 is 1. The highest BCUT2D eigenvalue weighted by atomic mass is 16.5. The molecule has 7 heteroatoms. The lowest BCUT2D eigenvalue weighted by atomic mass is 9.78.